The van der Waals surface area contributed by atoms with Gasteiger partial charge in [0, 0.05) is 12.8 Å². The first kappa shape index (κ1) is 20.1. The molecular formula is C17H24O7. The van der Waals surface area contributed by atoms with E-state index in [0.29, 0.717) is 18.8 Å². The SMILES string of the molecule is CCOC(=O)CCc1ccccc1OCC[C@H](O)[C@@H](O)C(=O)CO. The fourth-order valence-corrected chi connectivity index (χ4v) is 2.08. The van der Waals surface area contributed by atoms with Crippen LogP contribution >= 0.6 is 0 Å². The van der Waals surface area contributed by atoms with Crippen molar-refractivity contribution in [2.24, 2.45) is 0 Å². The summed E-state index contributed by atoms with van der Waals surface area (Å²) in [6, 6.07) is 7.17. The second-order valence-electron chi connectivity index (χ2n) is 5.19. The molecule has 0 saturated carbocycles. The molecule has 0 amide bonds. The molecule has 2 atom stereocenters. The number of ether oxygens (including phenoxy) is 2. The zero-order valence-electron chi connectivity index (χ0n) is 13.7. The van der Waals surface area contributed by atoms with Crippen molar-refractivity contribution in [3.8, 4) is 5.75 Å². The van der Waals surface area contributed by atoms with Crippen LogP contribution in [0, 0.1) is 0 Å². The number of rotatable bonds is 11. The lowest BCUT2D eigenvalue weighted by Crippen LogP contribution is -2.36. The highest BCUT2D eigenvalue weighted by Crippen LogP contribution is 2.20. The molecule has 1 aromatic carbocycles. The summed E-state index contributed by atoms with van der Waals surface area (Å²) in [6.07, 6.45) is -2.21. The second-order valence-corrected chi connectivity index (χ2v) is 5.19. The molecule has 134 valence electrons. The minimum absolute atomic E-state index is 0.0269. The number of aryl methyl sites for hydroxylation is 1. The summed E-state index contributed by atoms with van der Waals surface area (Å²) in [4.78, 5) is 22.5. The molecule has 0 heterocycles. The standard InChI is InChI=1S/C17H24O7/c1-2-23-16(21)8-7-12-5-3-4-6-15(12)24-10-9-13(19)17(22)14(20)11-18/h3-6,13,17-19,22H,2,7-11H2,1H3/t13-,17+/m0/s1. The van der Waals surface area contributed by atoms with Crippen LogP contribution in [0.15, 0.2) is 24.3 Å². The van der Waals surface area contributed by atoms with Gasteiger partial charge in [-0.3, -0.25) is 9.59 Å². The third kappa shape index (κ3) is 6.66. The van der Waals surface area contributed by atoms with Crippen LogP contribution in [0.5, 0.6) is 5.75 Å². The number of esters is 1. The van der Waals surface area contributed by atoms with Crippen LogP contribution in [0.4, 0.5) is 0 Å². The van der Waals surface area contributed by atoms with E-state index in [1.165, 1.54) is 0 Å². The Morgan fingerprint density at radius 2 is 1.92 bits per heavy atom. The molecule has 0 aliphatic rings. The van der Waals surface area contributed by atoms with Gasteiger partial charge in [-0.25, -0.2) is 0 Å². The maximum Gasteiger partial charge on any atom is 0.306 e. The van der Waals surface area contributed by atoms with E-state index >= 15 is 0 Å². The Kier molecular flexibility index (Phi) is 8.99. The third-order valence-electron chi connectivity index (χ3n) is 3.40. The first-order chi connectivity index (χ1) is 11.5. The van der Waals surface area contributed by atoms with Gasteiger partial charge in [0.1, 0.15) is 18.5 Å². The number of carbonyl (C=O) groups excluding carboxylic acids is 2. The van der Waals surface area contributed by atoms with Gasteiger partial charge in [-0.2, -0.15) is 0 Å². The smallest absolute Gasteiger partial charge is 0.306 e. The third-order valence-corrected chi connectivity index (χ3v) is 3.40. The van der Waals surface area contributed by atoms with E-state index in [9.17, 15) is 19.8 Å². The quantitative estimate of drug-likeness (QED) is 0.494. The average Bonchev–Trinajstić information content (AvgIpc) is 2.59. The highest BCUT2D eigenvalue weighted by atomic mass is 16.5. The number of hydrogen-bond donors (Lipinski definition) is 3. The van der Waals surface area contributed by atoms with Gasteiger partial charge in [-0.05, 0) is 25.0 Å². The van der Waals surface area contributed by atoms with Crippen LogP contribution < -0.4 is 4.74 Å². The Morgan fingerprint density at radius 3 is 2.58 bits per heavy atom. The topological polar surface area (TPSA) is 113 Å². The lowest BCUT2D eigenvalue weighted by atomic mass is 10.1. The second kappa shape index (κ2) is 10.7. The van der Waals surface area contributed by atoms with E-state index in [4.69, 9.17) is 14.6 Å². The predicted molar refractivity (Wildman–Crippen MR) is 85.6 cm³/mol. The zero-order valence-corrected chi connectivity index (χ0v) is 13.7. The number of ketones is 1. The summed E-state index contributed by atoms with van der Waals surface area (Å²) < 4.78 is 10.4. The van der Waals surface area contributed by atoms with E-state index in [1.54, 1.807) is 19.1 Å². The van der Waals surface area contributed by atoms with Crippen LogP contribution in [0.3, 0.4) is 0 Å². The summed E-state index contributed by atoms with van der Waals surface area (Å²) in [5.41, 5.74) is 0.826. The summed E-state index contributed by atoms with van der Waals surface area (Å²) in [5.74, 6) is -0.553. The van der Waals surface area contributed by atoms with Crippen molar-refractivity contribution in [2.45, 2.75) is 38.4 Å². The molecule has 1 rings (SSSR count). The molecule has 0 aromatic heterocycles. The summed E-state index contributed by atoms with van der Waals surface area (Å²) in [6.45, 7) is 1.34. The van der Waals surface area contributed by atoms with E-state index in [1.807, 2.05) is 12.1 Å². The predicted octanol–water partition coefficient (Wildman–Crippen LogP) is 0.234. The summed E-state index contributed by atoms with van der Waals surface area (Å²) in [5, 5.41) is 27.8. The number of carbonyl (C=O) groups is 2. The van der Waals surface area contributed by atoms with Gasteiger partial charge in [0.2, 0.25) is 0 Å². The number of aliphatic hydroxyl groups excluding tert-OH is 3. The molecule has 0 unspecified atom stereocenters. The van der Waals surface area contributed by atoms with Gasteiger partial charge in [-0.1, -0.05) is 18.2 Å². The van der Waals surface area contributed by atoms with Gasteiger partial charge in [0.15, 0.2) is 5.78 Å². The number of para-hydroxylation sites is 1. The Bertz CT molecular complexity index is 529. The minimum Gasteiger partial charge on any atom is -0.493 e. The van der Waals surface area contributed by atoms with Crippen LogP contribution in [-0.2, 0) is 20.7 Å². The molecule has 7 nitrogen and oxygen atoms in total. The van der Waals surface area contributed by atoms with Gasteiger partial charge in [-0.15, -0.1) is 0 Å². The van der Waals surface area contributed by atoms with Crippen molar-refractivity contribution in [1.29, 1.82) is 0 Å². The molecule has 0 radical (unpaired) electrons. The Hall–Kier alpha value is -1.96. The van der Waals surface area contributed by atoms with Crippen LogP contribution in [0.2, 0.25) is 0 Å². The number of hydrogen-bond acceptors (Lipinski definition) is 7. The van der Waals surface area contributed by atoms with Crippen molar-refractivity contribution in [2.75, 3.05) is 19.8 Å². The van der Waals surface area contributed by atoms with Crippen molar-refractivity contribution >= 4 is 11.8 Å². The fraction of sp³-hybridized carbons (Fsp3) is 0.529. The Labute approximate surface area is 140 Å². The van der Waals surface area contributed by atoms with E-state index in [-0.39, 0.29) is 25.4 Å². The summed E-state index contributed by atoms with van der Waals surface area (Å²) >= 11 is 0. The normalized spacial score (nSPS) is 13.2. The van der Waals surface area contributed by atoms with Crippen molar-refractivity contribution in [3.63, 3.8) is 0 Å². The lowest BCUT2D eigenvalue weighted by Gasteiger charge is -2.17. The maximum atomic E-state index is 11.4. The van der Waals surface area contributed by atoms with Gasteiger partial charge in [0.05, 0.1) is 19.3 Å². The molecule has 0 bridgehead atoms. The first-order valence-electron chi connectivity index (χ1n) is 7.85. The van der Waals surface area contributed by atoms with Gasteiger partial charge < -0.3 is 24.8 Å². The van der Waals surface area contributed by atoms with Crippen LogP contribution in [0.25, 0.3) is 0 Å². The highest BCUT2D eigenvalue weighted by Gasteiger charge is 2.23. The number of Topliss-reactive ketones (excluding diaryl/α,β-unsaturated/α-hetero) is 1. The molecule has 24 heavy (non-hydrogen) atoms. The van der Waals surface area contributed by atoms with E-state index in [0.717, 1.165) is 5.56 Å². The highest BCUT2D eigenvalue weighted by molar-refractivity contribution is 5.84. The van der Waals surface area contributed by atoms with Gasteiger partial charge in [0.25, 0.3) is 0 Å². The molecular weight excluding hydrogens is 316 g/mol. The maximum absolute atomic E-state index is 11.4. The zero-order chi connectivity index (χ0) is 17.9. The number of benzene rings is 1. The fourth-order valence-electron chi connectivity index (χ4n) is 2.08. The minimum atomic E-state index is -1.63. The molecule has 0 aliphatic carbocycles. The Morgan fingerprint density at radius 1 is 1.21 bits per heavy atom. The van der Waals surface area contributed by atoms with Crippen molar-refractivity contribution < 1.29 is 34.4 Å². The van der Waals surface area contributed by atoms with E-state index in [2.05, 4.69) is 0 Å². The largest absolute Gasteiger partial charge is 0.493 e. The molecule has 0 spiro atoms. The monoisotopic (exact) mass is 340 g/mol. The summed E-state index contributed by atoms with van der Waals surface area (Å²) in [7, 11) is 0. The van der Waals surface area contributed by atoms with Gasteiger partial charge >= 0.3 is 5.97 Å². The van der Waals surface area contributed by atoms with Crippen LogP contribution in [-0.4, -0.2) is 59.1 Å². The number of aliphatic hydroxyl groups is 3. The molecule has 7 heteroatoms. The first-order valence-corrected chi connectivity index (χ1v) is 7.85. The molecule has 3 N–H and O–H groups in total. The van der Waals surface area contributed by atoms with Crippen molar-refractivity contribution in [1.82, 2.24) is 0 Å². The lowest BCUT2D eigenvalue weighted by molar-refractivity contribution is -0.143. The molecule has 1 aromatic rings. The van der Waals surface area contributed by atoms with Crippen LogP contribution in [0.1, 0.15) is 25.3 Å². The molecule has 0 fully saturated rings. The average molecular weight is 340 g/mol. The van der Waals surface area contributed by atoms with E-state index < -0.39 is 24.6 Å². The molecule has 0 aliphatic heterocycles. The van der Waals surface area contributed by atoms with Crippen molar-refractivity contribution in [3.05, 3.63) is 29.8 Å². The Balaban J connectivity index is 2.50. The molecule has 0 saturated heterocycles.